The Morgan fingerprint density at radius 3 is 2.42 bits per heavy atom. The van der Waals surface area contributed by atoms with E-state index in [2.05, 4.69) is 16.2 Å². The predicted molar refractivity (Wildman–Crippen MR) is 102 cm³/mol. The van der Waals surface area contributed by atoms with Crippen LogP contribution in [-0.2, 0) is 0 Å². The van der Waals surface area contributed by atoms with Crippen LogP contribution >= 0.6 is 12.2 Å². The molecule has 0 aliphatic rings. The van der Waals surface area contributed by atoms with Gasteiger partial charge in [0.25, 0.3) is 5.91 Å². The molecule has 2 aromatic rings. The number of nitrogens with zero attached hydrogens (tertiary/aromatic N) is 1. The van der Waals surface area contributed by atoms with Crippen LogP contribution in [0.3, 0.4) is 0 Å². The lowest BCUT2D eigenvalue weighted by Gasteiger charge is -2.18. The van der Waals surface area contributed by atoms with Crippen LogP contribution < -0.4 is 21.1 Å². The number of hydrazine groups is 1. The first-order valence-corrected chi connectivity index (χ1v) is 8.07. The minimum Gasteiger partial charge on any atom is -0.378 e. The Bertz CT molecular complexity index is 703. The second-order valence-electron chi connectivity index (χ2n) is 5.63. The molecule has 0 aliphatic heterocycles. The summed E-state index contributed by atoms with van der Waals surface area (Å²) < 4.78 is 0. The number of hydrogen-bond acceptors (Lipinski definition) is 3. The minimum atomic E-state index is -0.241. The summed E-state index contributed by atoms with van der Waals surface area (Å²) in [4.78, 5) is 14.1. The fraction of sp³-hybridized carbons (Fsp3) is 0.222. The Balaban J connectivity index is 1.87. The van der Waals surface area contributed by atoms with Gasteiger partial charge in [-0.25, -0.2) is 0 Å². The van der Waals surface area contributed by atoms with E-state index in [9.17, 15) is 4.79 Å². The second kappa shape index (κ2) is 8.31. The van der Waals surface area contributed by atoms with Crippen LogP contribution in [0.25, 0.3) is 0 Å². The first-order valence-electron chi connectivity index (χ1n) is 7.66. The lowest BCUT2D eigenvalue weighted by Crippen LogP contribution is -2.47. The van der Waals surface area contributed by atoms with Gasteiger partial charge in [-0.15, -0.1) is 0 Å². The average Bonchev–Trinajstić information content (AvgIpc) is 2.60. The molecule has 0 saturated carbocycles. The smallest absolute Gasteiger partial charge is 0.269 e. The Morgan fingerprint density at radius 1 is 1.04 bits per heavy atom. The molecule has 1 atom stereocenters. The number of rotatable bonds is 4. The number of hydrogen-bond donors (Lipinski definition) is 3. The molecular formula is C18H22N4OS. The van der Waals surface area contributed by atoms with E-state index in [1.165, 1.54) is 0 Å². The van der Waals surface area contributed by atoms with Crippen LogP contribution in [0.1, 0.15) is 28.9 Å². The third-order valence-electron chi connectivity index (χ3n) is 3.56. The molecule has 0 bridgehead atoms. The Hall–Kier alpha value is -2.60. The standard InChI is InChI=1S/C18H22N4OS/c1-13(14-8-5-4-6-9-14)19-18(24)21-20-17(23)15-10-7-11-16(12-15)22(2)3/h4-13H,1-3H3,(H,20,23)(H2,19,21,24). The summed E-state index contributed by atoms with van der Waals surface area (Å²) in [6.07, 6.45) is 0. The van der Waals surface area contributed by atoms with Gasteiger partial charge in [-0.2, -0.15) is 0 Å². The van der Waals surface area contributed by atoms with Gasteiger partial charge in [0.1, 0.15) is 0 Å². The van der Waals surface area contributed by atoms with Gasteiger partial charge < -0.3 is 10.2 Å². The van der Waals surface area contributed by atoms with Crippen LogP contribution in [0.5, 0.6) is 0 Å². The lowest BCUT2D eigenvalue weighted by atomic mass is 10.1. The Labute approximate surface area is 148 Å². The lowest BCUT2D eigenvalue weighted by molar-refractivity contribution is 0.0943. The van der Waals surface area contributed by atoms with E-state index in [0.717, 1.165) is 11.3 Å². The van der Waals surface area contributed by atoms with E-state index in [1.807, 2.05) is 74.4 Å². The molecule has 1 unspecified atom stereocenters. The minimum absolute atomic E-state index is 0.0418. The molecule has 1 amide bonds. The number of carbonyl (C=O) groups excluding carboxylic acids is 1. The maximum atomic E-state index is 12.2. The van der Waals surface area contributed by atoms with Crippen molar-refractivity contribution in [2.24, 2.45) is 0 Å². The zero-order chi connectivity index (χ0) is 17.5. The van der Waals surface area contributed by atoms with Gasteiger partial charge in [-0.3, -0.25) is 15.6 Å². The van der Waals surface area contributed by atoms with Crippen molar-refractivity contribution in [1.29, 1.82) is 0 Å². The van der Waals surface area contributed by atoms with Crippen LogP contribution in [0, 0.1) is 0 Å². The van der Waals surface area contributed by atoms with Crippen molar-refractivity contribution >= 4 is 28.9 Å². The van der Waals surface area contributed by atoms with Crippen molar-refractivity contribution in [3.05, 3.63) is 65.7 Å². The maximum Gasteiger partial charge on any atom is 0.269 e. The number of nitrogens with one attached hydrogen (secondary N) is 3. The van der Waals surface area contributed by atoms with Gasteiger partial charge in [0.2, 0.25) is 0 Å². The van der Waals surface area contributed by atoms with Crippen molar-refractivity contribution in [2.75, 3.05) is 19.0 Å². The highest BCUT2D eigenvalue weighted by atomic mass is 32.1. The molecule has 0 aliphatic carbocycles. The average molecular weight is 342 g/mol. The summed E-state index contributed by atoms with van der Waals surface area (Å²) in [6, 6.07) is 17.4. The molecule has 2 aromatic carbocycles. The van der Waals surface area contributed by atoms with E-state index in [0.29, 0.717) is 10.7 Å². The molecule has 3 N–H and O–H groups in total. The molecule has 24 heavy (non-hydrogen) atoms. The van der Waals surface area contributed by atoms with Gasteiger partial charge in [-0.05, 0) is 42.9 Å². The van der Waals surface area contributed by atoms with E-state index < -0.39 is 0 Å². The van der Waals surface area contributed by atoms with Crippen LogP contribution in [0.4, 0.5) is 5.69 Å². The summed E-state index contributed by atoms with van der Waals surface area (Å²) in [5, 5.41) is 3.49. The van der Waals surface area contributed by atoms with E-state index >= 15 is 0 Å². The van der Waals surface area contributed by atoms with Gasteiger partial charge in [-0.1, -0.05) is 36.4 Å². The number of amides is 1. The van der Waals surface area contributed by atoms with Crippen molar-refractivity contribution in [3.63, 3.8) is 0 Å². The topological polar surface area (TPSA) is 56.4 Å². The van der Waals surface area contributed by atoms with Crippen molar-refractivity contribution < 1.29 is 4.79 Å². The van der Waals surface area contributed by atoms with Gasteiger partial charge >= 0.3 is 0 Å². The third kappa shape index (κ3) is 4.96. The largest absolute Gasteiger partial charge is 0.378 e. The number of anilines is 1. The zero-order valence-electron chi connectivity index (χ0n) is 14.0. The van der Waals surface area contributed by atoms with Crippen LogP contribution in [0.2, 0.25) is 0 Å². The number of benzene rings is 2. The molecular weight excluding hydrogens is 320 g/mol. The van der Waals surface area contributed by atoms with Gasteiger partial charge in [0.15, 0.2) is 5.11 Å². The zero-order valence-corrected chi connectivity index (χ0v) is 14.9. The van der Waals surface area contributed by atoms with Crippen molar-refractivity contribution in [1.82, 2.24) is 16.2 Å². The monoisotopic (exact) mass is 342 g/mol. The molecule has 0 aromatic heterocycles. The molecule has 6 heteroatoms. The summed E-state index contributed by atoms with van der Waals surface area (Å²) in [6.45, 7) is 2.01. The fourth-order valence-electron chi connectivity index (χ4n) is 2.17. The van der Waals surface area contributed by atoms with Gasteiger partial charge in [0.05, 0.1) is 6.04 Å². The van der Waals surface area contributed by atoms with Gasteiger partial charge in [0, 0.05) is 25.3 Å². The maximum absolute atomic E-state index is 12.2. The van der Waals surface area contributed by atoms with E-state index in [1.54, 1.807) is 6.07 Å². The van der Waals surface area contributed by atoms with Crippen LogP contribution in [0.15, 0.2) is 54.6 Å². The molecule has 0 spiro atoms. The summed E-state index contributed by atoms with van der Waals surface area (Å²) in [5.74, 6) is -0.241. The molecule has 126 valence electrons. The van der Waals surface area contributed by atoms with Crippen molar-refractivity contribution in [3.8, 4) is 0 Å². The predicted octanol–water partition coefficient (Wildman–Crippen LogP) is 2.62. The summed E-state index contributed by atoms with van der Waals surface area (Å²) >= 11 is 5.22. The van der Waals surface area contributed by atoms with E-state index in [4.69, 9.17) is 12.2 Å². The first kappa shape index (κ1) is 17.7. The highest BCUT2D eigenvalue weighted by Crippen LogP contribution is 2.13. The highest BCUT2D eigenvalue weighted by molar-refractivity contribution is 7.80. The number of thiocarbonyl (C=S) groups is 1. The fourth-order valence-corrected chi connectivity index (χ4v) is 2.40. The highest BCUT2D eigenvalue weighted by Gasteiger charge is 2.09. The molecule has 0 radical (unpaired) electrons. The van der Waals surface area contributed by atoms with Crippen LogP contribution in [-0.4, -0.2) is 25.1 Å². The number of carbonyl (C=O) groups is 1. The molecule has 0 fully saturated rings. The second-order valence-corrected chi connectivity index (χ2v) is 6.04. The Kier molecular flexibility index (Phi) is 6.14. The summed E-state index contributed by atoms with van der Waals surface area (Å²) in [5.41, 5.74) is 7.99. The molecule has 2 rings (SSSR count). The summed E-state index contributed by atoms with van der Waals surface area (Å²) in [7, 11) is 3.86. The Morgan fingerprint density at radius 2 is 1.75 bits per heavy atom. The SMILES string of the molecule is CC(NC(=S)NNC(=O)c1cccc(N(C)C)c1)c1ccccc1. The quantitative estimate of drug-likeness (QED) is 0.589. The molecule has 0 heterocycles. The normalized spacial score (nSPS) is 11.3. The first-order chi connectivity index (χ1) is 11.5. The third-order valence-corrected chi connectivity index (χ3v) is 3.78. The van der Waals surface area contributed by atoms with Crippen molar-refractivity contribution in [2.45, 2.75) is 13.0 Å². The van der Waals surface area contributed by atoms with E-state index in [-0.39, 0.29) is 11.9 Å². The molecule has 5 nitrogen and oxygen atoms in total. The molecule has 0 saturated heterocycles.